The summed E-state index contributed by atoms with van der Waals surface area (Å²) in [5.74, 6) is -0.982. The van der Waals surface area contributed by atoms with Gasteiger partial charge in [-0.3, -0.25) is 9.59 Å². The Balaban J connectivity index is 1.80. The number of piperidine rings is 1. The van der Waals surface area contributed by atoms with Crippen molar-refractivity contribution in [2.45, 2.75) is 37.4 Å². The molecule has 1 unspecified atom stereocenters. The molecule has 2 saturated heterocycles. The van der Waals surface area contributed by atoms with E-state index in [0.717, 1.165) is 0 Å². The van der Waals surface area contributed by atoms with E-state index in [1.165, 1.54) is 17.1 Å². The maximum absolute atomic E-state index is 12.9. The fourth-order valence-corrected chi connectivity index (χ4v) is 3.80. The molecular formula is C17H23F3N4O3. The molecule has 0 bridgehead atoms. The van der Waals surface area contributed by atoms with E-state index in [1.807, 2.05) is 5.32 Å². The molecule has 27 heavy (non-hydrogen) atoms. The molecule has 150 valence electrons. The van der Waals surface area contributed by atoms with Crippen LogP contribution in [0.25, 0.3) is 0 Å². The highest BCUT2D eigenvalue weighted by molar-refractivity contribution is 5.86. The van der Waals surface area contributed by atoms with Crippen LogP contribution in [0.3, 0.4) is 0 Å². The number of hydrogen-bond donors (Lipinski definition) is 1. The van der Waals surface area contributed by atoms with Crippen LogP contribution in [0.2, 0.25) is 0 Å². The van der Waals surface area contributed by atoms with Gasteiger partial charge in [0.05, 0.1) is 12.9 Å². The van der Waals surface area contributed by atoms with Crippen LogP contribution in [0.4, 0.5) is 13.2 Å². The first-order chi connectivity index (χ1) is 12.8. The lowest BCUT2D eigenvalue weighted by atomic mass is 9.86. The van der Waals surface area contributed by atoms with E-state index >= 15 is 0 Å². The quantitative estimate of drug-likeness (QED) is 0.844. The highest BCUT2D eigenvalue weighted by atomic mass is 19.4. The SMILES string of the molecule is O=C(C1CCOCC1)N1CCCC(C(=O)NCC(F)(F)F)(n2ccnc2)C1. The van der Waals surface area contributed by atoms with Gasteiger partial charge >= 0.3 is 6.18 Å². The lowest BCUT2D eigenvalue weighted by molar-refractivity contribution is -0.150. The van der Waals surface area contributed by atoms with E-state index in [9.17, 15) is 22.8 Å². The molecule has 1 atom stereocenters. The van der Waals surface area contributed by atoms with Gasteiger partial charge in [-0.05, 0) is 25.7 Å². The van der Waals surface area contributed by atoms with Gasteiger partial charge in [0, 0.05) is 38.1 Å². The van der Waals surface area contributed by atoms with Crippen LogP contribution >= 0.6 is 0 Å². The number of aromatic nitrogens is 2. The summed E-state index contributed by atoms with van der Waals surface area (Å²) in [5.41, 5.74) is -1.29. The van der Waals surface area contributed by atoms with Gasteiger partial charge < -0.3 is 19.5 Å². The molecular weight excluding hydrogens is 365 g/mol. The van der Waals surface area contributed by atoms with Crippen molar-refractivity contribution >= 4 is 11.8 Å². The minimum absolute atomic E-state index is 0.0310. The average Bonchev–Trinajstić information content (AvgIpc) is 3.21. The summed E-state index contributed by atoms with van der Waals surface area (Å²) < 4.78 is 44.6. The monoisotopic (exact) mass is 388 g/mol. The Hall–Kier alpha value is -2.10. The molecule has 3 rings (SSSR count). The molecule has 0 aromatic carbocycles. The van der Waals surface area contributed by atoms with Crippen LogP contribution in [0.1, 0.15) is 25.7 Å². The van der Waals surface area contributed by atoms with Crippen molar-refractivity contribution in [3.63, 3.8) is 0 Å². The van der Waals surface area contributed by atoms with Crippen molar-refractivity contribution in [1.82, 2.24) is 19.8 Å². The van der Waals surface area contributed by atoms with Crippen LogP contribution in [-0.4, -0.2) is 65.3 Å². The molecule has 10 heteroatoms. The van der Waals surface area contributed by atoms with E-state index in [1.54, 1.807) is 11.1 Å². The van der Waals surface area contributed by atoms with Crippen molar-refractivity contribution in [2.24, 2.45) is 5.92 Å². The van der Waals surface area contributed by atoms with Gasteiger partial charge in [-0.1, -0.05) is 0 Å². The second-order valence-electron chi connectivity index (χ2n) is 7.05. The van der Waals surface area contributed by atoms with Gasteiger partial charge in [-0.25, -0.2) is 4.98 Å². The third-order valence-corrected chi connectivity index (χ3v) is 5.22. The standard InChI is InChI=1S/C17H23F3N4O3/c18-17(19,20)10-22-15(26)16(24-7-5-21-12-24)4-1-6-23(11-16)14(25)13-2-8-27-9-3-13/h5,7,12-13H,1-4,6,8-11H2,(H,22,26). The Bertz CT molecular complexity index is 659. The summed E-state index contributed by atoms with van der Waals surface area (Å²) >= 11 is 0. The Kier molecular flexibility index (Phi) is 5.73. The van der Waals surface area contributed by atoms with Gasteiger partial charge in [0.25, 0.3) is 0 Å². The summed E-state index contributed by atoms with van der Waals surface area (Å²) in [7, 11) is 0. The second kappa shape index (κ2) is 7.87. The topological polar surface area (TPSA) is 76.5 Å². The number of nitrogens with one attached hydrogen (secondary N) is 1. The molecule has 0 aliphatic carbocycles. The van der Waals surface area contributed by atoms with Gasteiger partial charge in [-0.2, -0.15) is 13.2 Å². The number of ether oxygens (including phenoxy) is 1. The van der Waals surface area contributed by atoms with Crippen LogP contribution in [-0.2, 0) is 19.9 Å². The number of carbonyl (C=O) groups is 2. The molecule has 7 nitrogen and oxygen atoms in total. The number of carbonyl (C=O) groups excluding carboxylic acids is 2. The van der Waals surface area contributed by atoms with Crippen molar-refractivity contribution < 1.29 is 27.5 Å². The Morgan fingerprint density at radius 2 is 2.04 bits per heavy atom. The van der Waals surface area contributed by atoms with Crippen LogP contribution in [0.15, 0.2) is 18.7 Å². The van der Waals surface area contributed by atoms with E-state index in [2.05, 4.69) is 4.98 Å². The van der Waals surface area contributed by atoms with Gasteiger partial charge in [0.2, 0.25) is 11.8 Å². The van der Waals surface area contributed by atoms with Gasteiger partial charge in [0.15, 0.2) is 0 Å². The highest BCUT2D eigenvalue weighted by Gasteiger charge is 2.46. The summed E-state index contributed by atoms with van der Waals surface area (Å²) in [6.45, 7) is 0.143. The smallest absolute Gasteiger partial charge is 0.381 e. The van der Waals surface area contributed by atoms with Crippen LogP contribution in [0, 0.1) is 5.92 Å². The number of halogens is 3. The highest BCUT2D eigenvalue weighted by Crippen LogP contribution is 2.31. The Labute approximate surface area is 154 Å². The van der Waals surface area contributed by atoms with Gasteiger partial charge in [0.1, 0.15) is 12.1 Å². The van der Waals surface area contributed by atoms with Crippen LogP contribution in [0.5, 0.6) is 0 Å². The second-order valence-corrected chi connectivity index (χ2v) is 7.05. The van der Waals surface area contributed by atoms with E-state index in [0.29, 0.717) is 45.4 Å². The zero-order valence-corrected chi connectivity index (χ0v) is 14.9. The van der Waals surface area contributed by atoms with Crippen LogP contribution < -0.4 is 5.32 Å². The molecule has 2 aliphatic heterocycles. The first kappa shape index (κ1) is 19.7. The first-order valence-corrected chi connectivity index (χ1v) is 9.02. The van der Waals surface area contributed by atoms with E-state index in [4.69, 9.17) is 4.74 Å². The largest absolute Gasteiger partial charge is 0.405 e. The van der Waals surface area contributed by atoms with Crippen molar-refractivity contribution in [1.29, 1.82) is 0 Å². The number of likely N-dealkylation sites (tertiary alicyclic amines) is 1. The van der Waals surface area contributed by atoms with E-state index in [-0.39, 0.29) is 18.4 Å². The van der Waals surface area contributed by atoms with Crippen molar-refractivity contribution in [2.75, 3.05) is 32.8 Å². The number of nitrogens with zero attached hydrogens (tertiary/aromatic N) is 3. The molecule has 2 fully saturated rings. The zero-order valence-electron chi connectivity index (χ0n) is 14.9. The molecule has 0 spiro atoms. The number of hydrogen-bond acceptors (Lipinski definition) is 4. The number of imidazole rings is 1. The minimum atomic E-state index is -4.50. The number of rotatable bonds is 4. The fourth-order valence-electron chi connectivity index (χ4n) is 3.80. The minimum Gasteiger partial charge on any atom is -0.381 e. The average molecular weight is 388 g/mol. The summed E-state index contributed by atoms with van der Waals surface area (Å²) in [6.07, 6.45) is 2.03. The number of amides is 2. The number of alkyl halides is 3. The van der Waals surface area contributed by atoms with Gasteiger partial charge in [-0.15, -0.1) is 0 Å². The zero-order chi connectivity index (χ0) is 19.5. The maximum Gasteiger partial charge on any atom is 0.405 e. The molecule has 0 radical (unpaired) electrons. The third-order valence-electron chi connectivity index (χ3n) is 5.22. The normalized spacial score (nSPS) is 24.6. The summed E-state index contributed by atoms with van der Waals surface area (Å²) in [6, 6.07) is 0. The first-order valence-electron chi connectivity index (χ1n) is 9.02. The molecule has 0 saturated carbocycles. The predicted octanol–water partition coefficient (Wildman–Crippen LogP) is 1.31. The predicted molar refractivity (Wildman–Crippen MR) is 88.6 cm³/mol. The lowest BCUT2D eigenvalue weighted by Gasteiger charge is -2.43. The molecule has 3 heterocycles. The molecule has 1 aromatic heterocycles. The summed E-state index contributed by atoms with van der Waals surface area (Å²) in [4.78, 5) is 31.2. The fraction of sp³-hybridized carbons (Fsp3) is 0.706. The lowest BCUT2D eigenvalue weighted by Crippen LogP contribution is -2.60. The molecule has 1 aromatic rings. The van der Waals surface area contributed by atoms with E-state index < -0.39 is 24.2 Å². The molecule has 1 N–H and O–H groups in total. The van der Waals surface area contributed by atoms with Crippen molar-refractivity contribution in [3.8, 4) is 0 Å². The Morgan fingerprint density at radius 3 is 2.67 bits per heavy atom. The Morgan fingerprint density at radius 1 is 1.30 bits per heavy atom. The third kappa shape index (κ3) is 4.42. The molecule has 2 aliphatic rings. The summed E-state index contributed by atoms with van der Waals surface area (Å²) in [5, 5.41) is 1.99. The van der Waals surface area contributed by atoms with Crippen molar-refractivity contribution in [3.05, 3.63) is 18.7 Å². The maximum atomic E-state index is 12.9. The molecule has 2 amide bonds.